The van der Waals surface area contributed by atoms with Gasteiger partial charge in [-0.1, -0.05) is 12.1 Å². The van der Waals surface area contributed by atoms with Gasteiger partial charge in [-0.2, -0.15) is 0 Å². The monoisotopic (exact) mass is 266 g/mol. The number of amides is 1. The molecule has 0 saturated carbocycles. The second-order valence-electron chi connectivity index (χ2n) is 4.78. The summed E-state index contributed by atoms with van der Waals surface area (Å²) in [6, 6.07) is 7.39. The number of nitrogens with zero attached hydrogens (tertiary/aromatic N) is 1. The maximum absolute atomic E-state index is 11.0. The third-order valence-corrected chi connectivity index (χ3v) is 2.98. The van der Waals surface area contributed by atoms with E-state index < -0.39 is 12.0 Å². The average Bonchev–Trinajstić information content (AvgIpc) is 2.37. The summed E-state index contributed by atoms with van der Waals surface area (Å²) in [4.78, 5) is 12.9. The number of benzene rings is 1. The van der Waals surface area contributed by atoms with Gasteiger partial charge in [0.15, 0.2) is 0 Å². The van der Waals surface area contributed by atoms with E-state index >= 15 is 0 Å². The minimum atomic E-state index is -0.683. The highest BCUT2D eigenvalue weighted by Gasteiger charge is 2.18. The zero-order chi connectivity index (χ0) is 14.4. The Bertz CT molecular complexity index is 421. The number of hydrogen-bond acceptors (Lipinski definition) is 4. The summed E-state index contributed by atoms with van der Waals surface area (Å²) in [5.41, 5.74) is 5.97. The second kappa shape index (κ2) is 7.11. The standard InChI is InChI=1S/C14H22N2O3/c1-10(2)16(9-14(15)18)8-13(17)11-5-4-6-12(7-11)19-3/h4-7,10,13,17H,8-9H2,1-3H3,(H2,15,18). The fourth-order valence-corrected chi connectivity index (χ4v) is 1.83. The lowest BCUT2D eigenvalue weighted by Crippen LogP contribution is -2.40. The molecule has 5 nitrogen and oxygen atoms in total. The van der Waals surface area contributed by atoms with Gasteiger partial charge in [0.25, 0.3) is 0 Å². The van der Waals surface area contributed by atoms with Crippen LogP contribution in [0.4, 0.5) is 0 Å². The van der Waals surface area contributed by atoms with Crippen molar-refractivity contribution in [3.05, 3.63) is 29.8 Å². The van der Waals surface area contributed by atoms with Crippen LogP contribution in [0.2, 0.25) is 0 Å². The molecule has 0 saturated heterocycles. The van der Waals surface area contributed by atoms with Gasteiger partial charge in [0.05, 0.1) is 19.8 Å². The summed E-state index contributed by atoms with van der Waals surface area (Å²) >= 11 is 0. The first-order valence-corrected chi connectivity index (χ1v) is 6.28. The molecule has 0 aliphatic rings. The molecular formula is C14H22N2O3. The van der Waals surface area contributed by atoms with Crippen molar-refractivity contribution in [2.75, 3.05) is 20.2 Å². The minimum absolute atomic E-state index is 0.132. The molecule has 106 valence electrons. The second-order valence-corrected chi connectivity index (χ2v) is 4.78. The molecule has 0 spiro atoms. The highest BCUT2D eigenvalue weighted by Crippen LogP contribution is 2.20. The summed E-state index contributed by atoms with van der Waals surface area (Å²) in [6.45, 7) is 4.41. The van der Waals surface area contributed by atoms with Gasteiger partial charge >= 0.3 is 0 Å². The first kappa shape index (κ1) is 15.5. The minimum Gasteiger partial charge on any atom is -0.497 e. The van der Waals surface area contributed by atoms with Gasteiger partial charge in [-0.05, 0) is 31.5 Å². The van der Waals surface area contributed by atoms with E-state index in [1.807, 2.05) is 36.9 Å². The number of ether oxygens (including phenoxy) is 1. The Kier molecular flexibility index (Phi) is 5.79. The number of nitrogens with two attached hydrogens (primary N) is 1. The van der Waals surface area contributed by atoms with Gasteiger partial charge in [-0.25, -0.2) is 0 Å². The van der Waals surface area contributed by atoms with Crippen molar-refractivity contribution < 1.29 is 14.6 Å². The van der Waals surface area contributed by atoms with Crippen LogP contribution in [-0.2, 0) is 4.79 Å². The normalized spacial score (nSPS) is 12.7. The van der Waals surface area contributed by atoms with E-state index in [2.05, 4.69) is 0 Å². The van der Waals surface area contributed by atoms with E-state index in [0.29, 0.717) is 12.3 Å². The number of aliphatic hydroxyl groups excluding tert-OH is 1. The fraction of sp³-hybridized carbons (Fsp3) is 0.500. The summed E-state index contributed by atoms with van der Waals surface area (Å²) in [5.74, 6) is 0.300. The van der Waals surface area contributed by atoms with Crippen molar-refractivity contribution in [3.63, 3.8) is 0 Å². The van der Waals surface area contributed by atoms with Gasteiger partial charge in [-0.15, -0.1) is 0 Å². The van der Waals surface area contributed by atoms with E-state index in [0.717, 1.165) is 5.56 Å². The molecule has 0 aromatic heterocycles. The molecule has 3 N–H and O–H groups in total. The maximum Gasteiger partial charge on any atom is 0.231 e. The lowest BCUT2D eigenvalue weighted by atomic mass is 10.1. The maximum atomic E-state index is 11.0. The number of carbonyl (C=O) groups is 1. The van der Waals surface area contributed by atoms with Crippen LogP contribution in [0.15, 0.2) is 24.3 Å². The molecule has 5 heteroatoms. The van der Waals surface area contributed by atoms with Crippen molar-refractivity contribution in [3.8, 4) is 5.75 Å². The van der Waals surface area contributed by atoms with Crippen LogP contribution in [0.1, 0.15) is 25.5 Å². The third-order valence-electron chi connectivity index (χ3n) is 2.98. The number of methoxy groups -OCH3 is 1. The molecule has 19 heavy (non-hydrogen) atoms. The van der Waals surface area contributed by atoms with Crippen molar-refractivity contribution >= 4 is 5.91 Å². The average molecular weight is 266 g/mol. The Labute approximate surface area is 114 Å². The Hall–Kier alpha value is -1.59. The van der Waals surface area contributed by atoms with Crippen LogP contribution >= 0.6 is 0 Å². The van der Waals surface area contributed by atoms with Gasteiger partial charge in [0, 0.05) is 12.6 Å². The number of rotatable bonds is 7. The summed E-state index contributed by atoms with van der Waals surface area (Å²) < 4.78 is 5.12. The first-order chi connectivity index (χ1) is 8.93. The molecule has 1 rings (SSSR count). The van der Waals surface area contributed by atoms with E-state index in [-0.39, 0.29) is 12.6 Å². The number of primary amides is 1. The predicted octanol–water partition coefficient (Wildman–Crippen LogP) is 0.924. The molecule has 0 aliphatic heterocycles. The Morgan fingerprint density at radius 1 is 1.47 bits per heavy atom. The largest absolute Gasteiger partial charge is 0.497 e. The van der Waals surface area contributed by atoms with E-state index in [1.54, 1.807) is 13.2 Å². The number of carbonyl (C=O) groups excluding carboxylic acids is 1. The molecule has 0 bridgehead atoms. The zero-order valence-electron chi connectivity index (χ0n) is 11.7. The number of aliphatic hydroxyl groups is 1. The summed E-state index contributed by atoms with van der Waals surface area (Å²) in [7, 11) is 1.58. The Balaban J connectivity index is 2.75. The van der Waals surface area contributed by atoms with Crippen molar-refractivity contribution in [1.29, 1.82) is 0 Å². The molecule has 1 amide bonds. The third kappa shape index (κ3) is 4.89. The molecule has 1 atom stereocenters. The molecule has 0 fully saturated rings. The summed E-state index contributed by atoms with van der Waals surface area (Å²) in [6.07, 6.45) is -0.683. The van der Waals surface area contributed by atoms with Crippen LogP contribution in [0.3, 0.4) is 0 Å². The highest BCUT2D eigenvalue weighted by atomic mass is 16.5. The summed E-state index contributed by atoms with van der Waals surface area (Å²) in [5, 5.41) is 10.2. The Morgan fingerprint density at radius 3 is 2.68 bits per heavy atom. The predicted molar refractivity (Wildman–Crippen MR) is 73.9 cm³/mol. The van der Waals surface area contributed by atoms with Crippen LogP contribution in [0, 0.1) is 0 Å². The zero-order valence-corrected chi connectivity index (χ0v) is 11.7. The van der Waals surface area contributed by atoms with Crippen molar-refractivity contribution in [1.82, 2.24) is 4.90 Å². The molecule has 1 unspecified atom stereocenters. The van der Waals surface area contributed by atoms with Crippen molar-refractivity contribution in [2.45, 2.75) is 26.0 Å². The molecular weight excluding hydrogens is 244 g/mol. The topological polar surface area (TPSA) is 75.8 Å². The highest BCUT2D eigenvalue weighted by molar-refractivity contribution is 5.75. The van der Waals surface area contributed by atoms with Gasteiger partial charge < -0.3 is 15.6 Å². The van der Waals surface area contributed by atoms with Gasteiger partial charge in [0.2, 0.25) is 5.91 Å². The first-order valence-electron chi connectivity index (χ1n) is 6.28. The lowest BCUT2D eigenvalue weighted by molar-refractivity contribution is -0.119. The molecule has 0 aliphatic carbocycles. The van der Waals surface area contributed by atoms with E-state index in [1.165, 1.54) is 0 Å². The van der Waals surface area contributed by atoms with Crippen LogP contribution in [-0.4, -0.2) is 42.2 Å². The van der Waals surface area contributed by atoms with Crippen LogP contribution in [0.5, 0.6) is 5.75 Å². The van der Waals surface area contributed by atoms with Crippen molar-refractivity contribution in [2.24, 2.45) is 5.73 Å². The quantitative estimate of drug-likeness (QED) is 0.769. The lowest BCUT2D eigenvalue weighted by Gasteiger charge is -2.27. The molecule has 1 aromatic rings. The van der Waals surface area contributed by atoms with Crippen LogP contribution < -0.4 is 10.5 Å². The molecule has 0 radical (unpaired) electrons. The SMILES string of the molecule is COc1cccc(C(O)CN(CC(N)=O)C(C)C)c1. The van der Waals surface area contributed by atoms with E-state index in [4.69, 9.17) is 10.5 Å². The van der Waals surface area contributed by atoms with E-state index in [9.17, 15) is 9.90 Å². The fourth-order valence-electron chi connectivity index (χ4n) is 1.83. The number of hydrogen-bond donors (Lipinski definition) is 2. The van der Waals surface area contributed by atoms with Gasteiger partial charge in [-0.3, -0.25) is 9.69 Å². The van der Waals surface area contributed by atoms with Gasteiger partial charge in [0.1, 0.15) is 5.75 Å². The Morgan fingerprint density at radius 2 is 2.16 bits per heavy atom. The van der Waals surface area contributed by atoms with Crippen LogP contribution in [0.25, 0.3) is 0 Å². The smallest absolute Gasteiger partial charge is 0.231 e. The molecule has 0 heterocycles. The molecule has 1 aromatic carbocycles.